The van der Waals surface area contributed by atoms with Crippen molar-refractivity contribution >= 4 is 13.7 Å². The normalized spacial score (nSPS) is 14.4. The zero-order valence-corrected chi connectivity index (χ0v) is 41.8. The van der Waals surface area contributed by atoms with Gasteiger partial charge in [0.05, 0.1) is 39.9 Å². The van der Waals surface area contributed by atoms with Crippen LogP contribution in [0.1, 0.15) is 239 Å². The predicted octanol–water partition coefficient (Wildman–Crippen LogP) is 14.4. The third-order valence-corrected chi connectivity index (χ3v) is 12.6. The molecule has 0 spiro atoms. The lowest BCUT2D eigenvalue weighted by Gasteiger charge is -2.29. The first-order chi connectivity index (χ1) is 29.5. The number of hydrogen-bond donors (Lipinski definition) is 2. The molecule has 8 nitrogen and oxygen atoms in total. The second-order valence-electron chi connectivity index (χ2n) is 18.9. The molecule has 0 aromatic heterocycles. The monoisotopic (exact) mass is 881 g/mol. The lowest BCUT2D eigenvalue weighted by atomic mass is 10.0. The number of carbonyl (C=O) groups is 1. The van der Waals surface area contributed by atoms with Crippen LogP contribution in [0.2, 0.25) is 0 Å². The average Bonchev–Trinajstić information content (AvgIpc) is 3.21. The molecule has 0 aliphatic carbocycles. The molecule has 61 heavy (non-hydrogen) atoms. The number of phosphoric acid groups is 1. The third kappa shape index (κ3) is 46.5. The molecule has 0 bridgehead atoms. The topological polar surface area (TPSA) is 108 Å². The van der Waals surface area contributed by atoms with Gasteiger partial charge < -0.3 is 28.8 Å². The summed E-state index contributed by atoms with van der Waals surface area (Å²) in [4.78, 5) is 25.3. The van der Waals surface area contributed by atoms with Gasteiger partial charge in [-0.1, -0.05) is 217 Å². The van der Waals surface area contributed by atoms with Gasteiger partial charge in [0.15, 0.2) is 0 Å². The highest BCUT2D eigenvalue weighted by Gasteiger charge is 2.23. The lowest BCUT2D eigenvalue weighted by molar-refractivity contribution is -0.870. The highest BCUT2D eigenvalue weighted by atomic mass is 31.2. The van der Waals surface area contributed by atoms with E-state index in [1.54, 1.807) is 6.08 Å². The van der Waals surface area contributed by atoms with Crippen LogP contribution in [0.5, 0.6) is 0 Å². The lowest BCUT2D eigenvalue weighted by Crippen LogP contribution is -2.45. The SMILES string of the molecule is CCCCCCC/C=C\C/C=C\CCCCCCCCCCCCCCCCCCCCCC(=O)NC(COP(=O)([O-])OCC[N+](C)(C)C)C(O)/C=C/CCCCCCCC. The summed E-state index contributed by atoms with van der Waals surface area (Å²) in [7, 11) is 1.26. The summed E-state index contributed by atoms with van der Waals surface area (Å²) in [5, 5.41) is 13.7. The number of phosphoric ester groups is 1. The Kier molecular flexibility index (Phi) is 43.0. The van der Waals surface area contributed by atoms with E-state index in [0.29, 0.717) is 17.4 Å². The minimum absolute atomic E-state index is 0.000265. The molecule has 0 aliphatic heterocycles. The molecule has 2 N–H and O–H groups in total. The van der Waals surface area contributed by atoms with E-state index < -0.39 is 20.0 Å². The van der Waals surface area contributed by atoms with Gasteiger partial charge in [0.2, 0.25) is 5.91 Å². The Hall–Kier alpha value is -1.28. The van der Waals surface area contributed by atoms with E-state index in [1.165, 1.54) is 173 Å². The van der Waals surface area contributed by atoms with E-state index in [2.05, 4.69) is 43.5 Å². The number of aliphatic hydroxyl groups excluding tert-OH is 1. The summed E-state index contributed by atoms with van der Waals surface area (Å²) < 4.78 is 23.1. The summed E-state index contributed by atoms with van der Waals surface area (Å²) in [5.74, 6) is -0.199. The van der Waals surface area contributed by atoms with Crippen LogP contribution in [0.3, 0.4) is 0 Å². The fourth-order valence-corrected chi connectivity index (χ4v) is 8.20. The van der Waals surface area contributed by atoms with Crippen LogP contribution >= 0.6 is 7.82 Å². The first kappa shape index (κ1) is 59.7. The average molecular weight is 881 g/mol. The highest BCUT2D eigenvalue weighted by molar-refractivity contribution is 7.45. The van der Waals surface area contributed by atoms with E-state index in [-0.39, 0.29) is 19.1 Å². The maximum absolute atomic E-state index is 12.8. The Labute approximate surface area is 378 Å². The number of unbranched alkanes of at least 4 members (excludes halogenated alkanes) is 30. The number of amides is 1. The molecular weight excluding hydrogens is 780 g/mol. The predicted molar refractivity (Wildman–Crippen MR) is 261 cm³/mol. The van der Waals surface area contributed by atoms with Gasteiger partial charge >= 0.3 is 0 Å². The summed E-state index contributed by atoms with van der Waals surface area (Å²) in [6, 6.07) is -0.881. The number of aliphatic hydroxyl groups is 1. The van der Waals surface area contributed by atoms with E-state index in [1.807, 2.05) is 27.2 Å². The number of likely N-dealkylation sites (N-methyl/N-ethyl adjacent to an activating group) is 1. The maximum Gasteiger partial charge on any atom is 0.268 e. The Balaban J connectivity index is 3.93. The fourth-order valence-electron chi connectivity index (χ4n) is 7.48. The number of nitrogens with one attached hydrogen (secondary N) is 1. The van der Waals surface area contributed by atoms with Crippen LogP contribution < -0.4 is 10.2 Å². The van der Waals surface area contributed by atoms with E-state index >= 15 is 0 Å². The molecule has 1 amide bonds. The molecule has 0 aliphatic rings. The largest absolute Gasteiger partial charge is 0.756 e. The van der Waals surface area contributed by atoms with Crippen molar-refractivity contribution in [3.05, 3.63) is 36.5 Å². The van der Waals surface area contributed by atoms with Gasteiger partial charge in [-0.15, -0.1) is 0 Å². The van der Waals surface area contributed by atoms with Gasteiger partial charge in [-0.05, 0) is 51.4 Å². The zero-order valence-electron chi connectivity index (χ0n) is 40.9. The summed E-state index contributed by atoms with van der Waals surface area (Å²) >= 11 is 0. The van der Waals surface area contributed by atoms with Crippen molar-refractivity contribution in [1.82, 2.24) is 5.32 Å². The summed E-state index contributed by atoms with van der Waals surface area (Å²) in [6.07, 6.45) is 55.2. The smallest absolute Gasteiger partial charge is 0.268 e. The first-order valence-corrected chi connectivity index (χ1v) is 27.3. The Bertz CT molecular complexity index is 1090. The molecule has 0 aromatic rings. The summed E-state index contributed by atoms with van der Waals surface area (Å²) in [6.45, 7) is 4.60. The molecule has 0 heterocycles. The number of quaternary nitrogens is 1. The molecule has 0 rings (SSSR count). The van der Waals surface area contributed by atoms with Crippen LogP contribution in [0.4, 0.5) is 0 Å². The quantitative estimate of drug-likeness (QED) is 0.0273. The van der Waals surface area contributed by atoms with Gasteiger partial charge in [0.1, 0.15) is 13.2 Å². The molecule has 3 atom stereocenters. The molecule has 0 aromatic carbocycles. The Morgan fingerprint density at radius 1 is 0.574 bits per heavy atom. The van der Waals surface area contributed by atoms with Crippen molar-refractivity contribution in [1.29, 1.82) is 0 Å². The zero-order chi connectivity index (χ0) is 45.0. The van der Waals surface area contributed by atoms with Crippen LogP contribution in [0, 0.1) is 0 Å². The first-order valence-electron chi connectivity index (χ1n) is 25.9. The fraction of sp³-hybridized carbons (Fsp3) is 0.865. The molecule has 0 saturated heterocycles. The minimum Gasteiger partial charge on any atom is -0.756 e. The number of allylic oxidation sites excluding steroid dienone is 5. The highest BCUT2D eigenvalue weighted by Crippen LogP contribution is 2.38. The Morgan fingerprint density at radius 3 is 1.36 bits per heavy atom. The van der Waals surface area contributed by atoms with Crippen molar-refractivity contribution in [2.75, 3.05) is 40.9 Å². The van der Waals surface area contributed by atoms with Gasteiger partial charge in [0, 0.05) is 6.42 Å². The molecule has 9 heteroatoms. The molecular formula is C52H101N2O6P. The molecule has 0 fully saturated rings. The standard InChI is InChI=1S/C52H101N2O6P/c1-6-8-10-12-14-16-17-18-19-20-21-22-23-24-25-26-27-28-29-30-31-32-33-34-35-36-37-38-40-42-44-46-52(56)53-50(49-60-61(57,58)59-48-47-54(3,4)5)51(55)45-43-41-39-15-13-11-9-7-2/h17-18,20-21,43,45,50-51,55H,6-16,19,22-42,44,46-49H2,1-5H3,(H-,53,56,57,58)/b18-17-,21-20-,45-43+. The van der Waals surface area contributed by atoms with E-state index in [0.717, 1.165) is 44.9 Å². The van der Waals surface area contributed by atoms with Gasteiger partial charge in [0.25, 0.3) is 7.82 Å². The van der Waals surface area contributed by atoms with Crippen LogP contribution in [-0.2, 0) is 18.4 Å². The summed E-state index contributed by atoms with van der Waals surface area (Å²) in [5.41, 5.74) is 0. The van der Waals surface area contributed by atoms with Crippen molar-refractivity contribution in [2.24, 2.45) is 0 Å². The number of hydrogen-bond acceptors (Lipinski definition) is 6. The maximum atomic E-state index is 12.8. The van der Waals surface area contributed by atoms with Crippen LogP contribution in [0.25, 0.3) is 0 Å². The minimum atomic E-state index is -4.58. The third-order valence-electron chi connectivity index (χ3n) is 11.6. The van der Waals surface area contributed by atoms with Gasteiger partial charge in [-0.25, -0.2) is 0 Å². The van der Waals surface area contributed by atoms with Gasteiger partial charge in [-0.3, -0.25) is 9.36 Å². The van der Waals surface area contributed by atoms with Gasteiger partial charge in [-0.2, -0.15) is 0 Å². The molecule has 3 unspecified atom stereocenters. The van der Waals surface area contributed by atoms with Crippen molar-refractivity contribution < 1.29 is 32.9 Å². The van der Waals surface area contributed by atoms with Crippen LogP contribution in [0.15, 0.2) is 36.5 Å². The number of carbonyl (C=O) groups excluding carboxylic acids is 1. The second kappa shape index (κ2) is 43.9. The number of rotatable bonds is 47. The van der Waals surface area contributed by atoms with Crippen molar-refractivity contribution in [3.63, 3.8) is 0 Å². The Morgan fingerprint density at radius 2 is 0.951 bits per heavy atom. The van der Waals surface area contributed by atoms with Crippen molar-refractivity contribution in [3.8, 4) is 0 Å². The molecule has 0 saturated carbocycles. The van der Waals surface area contributed by atoms with Crippen LogP contribution in [-0.4, -0.2) is 68.5 Å². The van der Waals surface area contributed by atoms with E-state index in [9.17, 15) is 19.4 Å². The number of nitrogens with zero attached hydrogens (tertiary/aromatic N) is 1. The van der Waals surface area contributed by atoms with Crippen molar-refractivity contribution in [2.45, 2.75) is 251 Å². The molecule has 360 valence electrons. The second-order valence-corrected chi connectivity index (χ2v) is 20.3. The van der Waals surface area contributed by atoms with E-state index in [4.69, 9.17) is 9.05 Å². The molecule has 0 radical (unpaired) electrons.